The summed E-state index contributed by atoms with van der Waals surface area (Å²) in [6.45, 7) is 1.24. The van der Waals surface area contributed by atoms with Gasteiger partial charge in [0.25, 0.3) is 0 Å². The molecule has 0 atom stereocenters. The molecule has 0 amide bonds. The molecule has 172 valence electrons. The van der Waals surface area contributed by atoms with Crippen LogP contribution in [0.5, 0.6) is 11.5 Å². The first-order chi connectivity index (χ1) is 16.6. The maximum Gasteiger partial charge on any atom is 0.316 e. The Morgan fingerprint density at radius 2 is 1.53 bits per heavy atom. The molecule has 0 unspecified atom stereocenters. The summed E-state index contributed by atoms with van der Waals surface area (Å²) in [4.78, 5) is 15.6. The van der Waals surface area contributed by atoms with E-state index in [-0.39, 0.29) is 17.4 Å². The van der Waals surface area contributed by atoms with Gasteiger partial charge < -0.3 is 14.7 Å². The number of aliphatic hydroxyl groups excluding tert-OH is 1. The fourth-order valence-electron chi connectivity index (χ4n) is 4.09. The average molecular weight is 474 g/mol. The number of nitrogens with zero attached hydrogens (tertiary/aromatic N) is 3. The van der Waals surface area contributed by atoms with Crippen molar-refractivity contribution in [2.24, 2.45) is 0 Å². The van der Waals surface area contributed by atoms with E-state index in [1.54, 1.807) is 30.5 Å². The average Bonchev–Trinajstić information content (AvgIpc) is 2.87. The van der Waals surface area contributed by atoms with E-state index in [4.69, 9.17) is 16.3 Å². The summed E-state index contributed by atoms with van der Waals surface area (Å²) in [6.07, 6.45) is 2.59. The highest BCUT2D eigenvalue weighted by molar-refractivity contribution is 6.30. The van der Waals surface area contributed by atoms with Gasteiger partial charge in [-0.15, -0.1) is 0 Å². The fraction of sp³-hybridized carbons (Fsp3) is 0.185. The largest absolute Gasteiger partial charge is 0.449 e. The number of aromatic nitrogens is 2. The van der Waals surface area contributed by atoms with Gasteiger partial charge in [-0.2, -0.15) is 9.78 Å². The summed E-state index contributed by atoms with van der Waals surface area (Å²) in [5.41, 5.74) is 3.02. The third kappa shape index (κ3) is 4.69. The molecular formula is C27H24ClN3O3. The first-order valence-electron chi connectivity index (χ1n) is 11.2. The van der Waals surface area contributed by atoms with Gasteiger partial charge in [0, 0.05) is 18.1 Å². The second-order valence-corrected chi connectivity index (χ2v) is 8.70. The molecule has 34 heavy (non-hydrogen) atoms. The van der Waals surface area contributed by atoms with Crippen LogP contribution >= 0.6 is 11.6 Å². The van der Waals surface area contributed by atoms with E-state index in [0.29, 0.717) is 48.1 Å². The predicted molar refractivity (Wildman–Crippen MR) is 134 cm³/mol. The van der Waals surface area contributed by atoms with Gasteiger partial charge in [0.15, 0.2) is 0 Å². The van der Waals surface area contributed by atoms with E-state index in [0.717, 1.165) is 11.1 Å². The highest BCUT2D eigenvalue weighted by atomic mass is 35.5. The van der Waals surface area contributed by atoms with Crippen molar-refractivity contribution in [3.05, 3.63) is 100 Å². The zero-order valence-electron chi connectivity index (χ0n) is 18.5. The van der Waals surface area contributed by atoms with Gasteiger partial charge in [-0.3, -0.25) is 4.79 Å². The third-order valence-corrected chi connectivity index (χ3v) is 6.22. The number of hydrogen-bond donors (Lipinski definition) is 1. The Hall–Kier alpha value is -3.61. The van der Waals surface area contributed by atoms with Gasteiger partial charge in [0.05, 0.1) is 18.0 Å². The van der Waals surface area contributed by atoms with E-state index in [2.05, 4.69) is 5.10 Å². The van der Waals surface area contributed by atoms with E-state index in [9.17, 15) is 9.90 Å². The van der Waals surface area contributed by atoms with Crippen molar-refractivity contribution < 1.29 is 9.84 Å². The Morgan fingerprint density at radius 3 is 2.21 bits per heavy atom. The van der Waals surface area contributed by atoms with Gasteiger partial charge in [-0.1, -0.05) is 54.1 Å². The maximum atomic E-state index is 13.5. The summed E-state index contributed by atoms with van der Waals surface area (Å²) < 4.78 is 7.51. The molecule has 1 saturated heterocycles. The lowest BCUT2D eigenvalue weighted by atomic mass is 10.1. The lowest BCUT2D eigenvalue weighted by Crippen LogP contribution is -2.37. The van der Waals surface area contributed by atoms with Crippen LogP contribution in [-0.4, -0.2) is 34.1 Å². The molecule has 1 fully saturated rings. The number of piperidine rings is 1. The van der Waals surface area contributed by atoms with Crippen LogP contribution < -0.4 is 15.2 Å². The van der Waals surface area contributed by atoms with E-state index in [1.807, 2.05) is 59.5 Å². The second kappa shape index (κ2) is 9.71. The number of ether oxygens (including phenoxy) is 1. The monoisotopic (exact) mass is 473 g/mol. The first-order valence-corrected chi connectivity index (χ1v) is 11.6. The molecule has 0 saturated carbocycles. The molecule has 2 heterocycles. The number of benzene rings is 3. The van der Waals surface area contributed by atoms with Crippen LogP contribution in [0.25, 0.3) is 16.8 Å². The zero-order valence-corrected chi connectivity index (χ0v) is 19.2. The van der Waals surface area contributed by atoms with Crippen LogP contribution in [-0.2, 0) is 0 Å². The van der Waals surface area contributed by atoms with Gasteiger partial charge in [0.2, 0.25) is 5.75 Å². The van der Waals surface area contributed by atoms with E-state index >= 15 is 0 Å². The molecular weight excluding hydrogens is 450 g/mol. The molecule has 0 spiro atoms. The number of halogens is 1. The smallest absolute Gasteiger partial charge is 0.316 e. The zero-order chi connectivity index (χ0) is 23.5. The fourth-order valence-corrected chi connectivity index (χ4v) is 4.21. The number of rotatable bonds is 5. The Bertz CT molecular complexity index is 1310. The van der Waals surface area contributed by atoms with Crippen LogP contribution in [0.4, 0.5) is 5.69 Å². The summed E-state index contributed by atoms with van der Waals surface area (Å²) >= 11 is 6.01. The van der Waals surface area contributed by atoms with Crippen molar-refractivity contribution >= 4 is 17.3 Å². The van der Waals surface area contributed by atoms with Crippen LogP contribution in [0.1, 0.15) is 12.8 Å². The molecule has 6 nitrogen and oxygen atoms in total. The predicted octanol–water partition coefficient (Wildman–Crippen LogP) is 5.31. The van der Waals surface area contributed by atoms with Crippen molar-refractivity contribution in [1.82, 2.24) is 9.78 Å². The molecule has 3 aromatic carbocycles. The minimum atomic E-state index is -0.363. The molecule has 1 aliphatic rings. The van der Waals surface area contributed by atoms with E-state index < -0.39 is 0 Å². The Labute approximate surface area is 202 Å². The van der Waals surface area contributed by atoms with Gasteiger partial charge in [-0.25, -0.2) is 0 Å². The molecule has 0 aliphatic carbocycles. The quantitative estimate of drug-likeness (QED) is 0.425. The molecule has 0 radical (unpaired) electrons. The summed E-state index contributed by atoms with van der Waals surface area (Å²) in [5, 5.41) is 14.9. The lowest BCUT2D eigenvalue weighted by Gasteiger charge is -2.32. The molecule has 1 N–H and O–H groups in total. The Balaban J connectivity index is 1.52. The van der Waals surface area contributed by atoms with Crippen LogP contribution in [0, 0.1) is 0 Å². The van der Waals surface area contributed by atoms with Crippen molar-refractivity contribution in [3.63, 3.8) is 0 Å². The maximum absolute atomic E-state index is 13.5. The molecule has 0 bridgehead atoms. The van der Waals surface area contributed by atoms with E-state index in [1.165, 1.54) is 4.68 Å². The Morgan fingerprint density at radius 1 is 0.882 bits per heavy atom. The van der Waals surface area contributed by atoms with Crippen molar-refractivity contribution in [2.75, 3.05) is 18.0 Å². The Kier molecular flexibility index (Phi) is 6.34. The summed E-state index contributed by atoms with van der Waals surface area (Å²) in [7, 11) is 0. The normalized spacial score (nSPS) is 14.2. The van der Waals surface area contributed by atoms with Crippen LogP contribution in [0.3, 0.4) is 0 Å². The second-order valence-electron chi connectivity index (χ2n) is 8.26. The third-order valence-electron chi connectivity index (χ3n) is 5.97. The minimum absolute atomic E-state index is 0.203. The minimum Gasteiger partial charge on any atom is -0.449 e. The SMILES string of the molecule is O=c1c(Oc2ccc(-c3ccccc3)cc2)c(N2CCC(O)CC2)cnn1-c1ccc(Cl)cc1. The number of aliphatic hydroxyl groups is 1. The molecule has 4 aromatic rings. The molecule has 7 heteroatoms. The van der Waals surface area contributed by atoms with Gasteiger partial charge in [0.1, 0.15) is 11.4 Å². The molecule has 5 rings (SSSR count). The molecule has 1 aromatic heterocycles. The highest BCUT2D eigenvalue weighted by Gasteiger charge is 2.24. The first kappa shape index (κ1) is 22.2. The standard InChI is InChI=1S/C27H24ClN3O3/c28-21-8-10-22(11-9-21)31-27(33)26(25(18-29-31)30-16-14-23(32)15-17-30)34-24-12-6-20(7-13-24)19-4-2-1-3-5-19/h1-13,18,23,32H,14-17H2. The molecule has 1 aliphatic heterocycles. The van der Waals surface area contributed by atoms with Gasteiger partial charge in [-0.05, 0) is 60.4 Å². The summed E-state index contributed by atoms with van der Waals surface area (Å²) in [5.74, 6) is 0.762. The van der Waals surface area contributed by atoms with Crippen LogP contribution in [0.2, 0.25) is 5.02 Å². The summed E-state index contributed by atoms with van der Waals surface area (Å²) in [6, 6.07) is 24.7. The van der Waals surface area contributed by atoms with Crippen LogP contribution in [0.15, 0.2) is 89.9 Å². The number of anilines is 1. The highest BCUT2D eigenvalue weighted by Crippen LogP contribution is 2.32. The van der Waals surface area contributed by atoms with Gasteiger partial charge >= 0.3 is 5.56 Å². The number of hydrogen-bond acceptors (Lipinski definition) is 5. The lowest BCUT2D eigenvalue weighted by molar-refractivity contribution is 0.145. The van der Waals surface area contributed by atoms with Crippen molar-refractivity contribution in [3.8, 4) is 28.3 Å². The topological polar surface area (TPSA) is 67.6 Å². The van der Waals surface area contributed by atoms with Crippen molar-refractivity contribution in [2.45, 2.75) is 18.9 Å². The van der Waals surface area contributed by atoms with Crippen molar-refractivity contribution in [1.29, 1.82) is 0 Å².